The van der Waals surface area contributed by atoms with Crippen LogP contribution in [0.2, 0.25) is 0 Å². The largest absolute Gasteiger partial charge is 0.0654 e. The van der Waals surface area contributed by atoms with Crippen LogP contribution in [-0.2, 0) is 12.8 Å². The molecule has 0 unspecified atom stereocenters. The van der Waals surface area contributed by atoms with Gasteiger partial charge in [-0.25, -0.2) is 0 Å². The molecule has 0 aromatic heterocycles. The summed E-state index contributed by atoms with van der Waals surface area (Å²) < 4.78 is 0. The normalized spacial score (nSPS) is 11.1. The van der Waals surface area contributed by atoms with Gasteiger partial charge in [0.1, 0.15) is 0 Å². The molecular weight excluding hydrogens is 300 g/mol. The SMILES string of the molecule is CCCCCCCCCCCCCCCc1ccccc1CCCC. The number of benzene rings is 1. The molecule has 25 heavy (non-hydrogen) atoms. The highest BCUT2D eigenvalue weighted by Gasteiger charge is 2.01. The molecule has 0 N–H and O–H groups in total. The molecule has 1 aromatic carbocycles. The van der Waals surface area contributed by atoms with Crippen LogP contribution in [0.4, 0.5) is 0 Å². The highest BCUT2D eigenvalue weighted by molar-refractivity contribution is 5.27. The van der Waals surface area contributed by atoms with E-state index < -0.39 is 0 Å². The van der Waals surface area contributed by atoms with Crippen LogP contribution in [0, 0.1) is 0 Å². The van der Waals surface area contributed by atoms with Gasteiger partial charge >= 0.3 is 0 Å². The van der Waals surface area contributed by atoms with Gasteiger partial charge in [-0.15, -0.1) is 0 Å². The lowest BCUT2D eigenvalue weighted by atomic mass is 9.97. The predicted octanol–water partition coefficient (Wildman–Crippen LogP) is 8.66. The summed E-state index contributed by atoms with van der Waals surface area (Å²) >= 11 is 0. The van der Waals surface area contributed by atoms with Gasteiger partial charge in [0.05, 0.1) is 0 Å². The quantitative estimate of drug-likeness (QED) is 0.248. The van der Waals surface area contributed by atoms with E-state index in [1.165, 1.54) is 109 Å². The second-order valence-electron chi connectivity index (χ2n) is 7.86. The van der Waals surface area contributed by atoms with Gasteiger partial charge in [0.15, 0.2) is 0 Å². The Morgan fingerprint density at radius 2 is 0.800 bits per heavy atom. The van der Waals surface area contributed by atoms with Crippen LogP contribution in [0.1, 0.15) is 121 Å². The molecule has 0 spiro atoms. The van der Waals surface area contributed by atoms with E-state index in [0.29, 0.717) is 0 Å². The molecule has 1 aromatic rings. The van der Waals surface area contributed by atoms with E-state index in [4.69, 9.17) is 0 Å². The van der Waals surface area contributed by atoms with Gasteiger partial charge < -0.3 is 0 Å². The van der Waals surface area contributed by atoms with Gasteiger partial charge in [-0.2, -0.15) is 0 Å². The molecule has 144 valence electrons. The smallest absolute Gasteiger partial charge is 0.0276 e. The topological polar surface area (TPSA) is 0 Å². The Morgan fingerprint density at radius 1 is 0.440 bits per heavy atom. The lowest BCUT2D eigenvalue weighted by Crippen LogP contribution is -1.95. The standard InChI is InChI=1S/C25H44/c1-3-5-7-8-9-10-11-12-13-14-15-16-17-21-25-23-19-18-22-24(25)20-6-4-2/h18-19,22-23H,3-17,20-21H2,1-2H3. The molecule has 0 saturated heterocycles. The van der Waals surface area contributed by atoms with E-state index in [2.05, 4.69) is 38.1 Å². The van der Waals surface area contributed by atoms with Crippen molar-refractivity contribution in [2.24, 2.45) is 0 Å². The Kier molecular flexibility index (Phi) is 14.8. The first-order valence-corrected chi connectivity index (χ1v) is 11.4. The maximum absolute atomic E-state index is 2.35. The molecule has 0 heteroatoms. The van der Waals surface area contributed by atoms with Gasteiger partial charge in [0, 0.05) is 0 Å². The number of rotatable bonds is 17. The first kappa shape index (κ1) is 22.3. The average molecular weight is 345 g/mol. The Balaban J connectivity index is 1.94. The molecule has 0 aliphatic rings. The Bertz CT molecular complexity index is 393. The fraction of sp³-hybridized carbons (Fsp3) is 0.760. The van der Waals surface area contributed by atoms with E-state index in [9.17, 15) is 0 Å². The van der Waals surface area contributed by atoms with E-state index in [1.54, 1.807) is 11.1 Å². The summed E-state index contributed by atoms with van der Waals surface area (Å²) in [5, 5.41) is 0. The third kappa shape index (κ3) is 12.2. The number of unbranched alkanes of at least 4 members (excludes halogenated alkanes) is 13. The van der Waals surface area contributed by atoms with Crippen molar-refractivity contribution in [3.63, 3.8) is 0 Å². The van der Waals surface area contributed by atoms with Crippen LogP contribution in [-0.4, -0.2) is 0 Å². The zero-order valence-corrected chi connectivity index (χ0v) is 17.3. The van der Waals surface area contributed by atoms with E-state index in [0.717, 1.165) is 0 Å². The maximum atomic E-state index is 2.35. The highest BCUT2D eigenvalue weighted by atomic mass is 14.1. The minimum Gasteiger partial charge on any atom is -0.0654 e. The van der Waals surface area contributed by atoms with Crippen LogP contribution in [0.15, 0.2) is 24.3 Å². The Morgan fingerprint density at radius 3 is 1.24 bits per heavy atom. The summed E-state index contributed by atoms with van der Waals surface area (Å²) in [5.41, 5.74) is 3.21. The summed E-state index contributed by atoms with van der Waals surface area (Å²) in [6.07, 6.45) is 23.9. The zero-order chi connectivity index (χ0) is 18.0. The van der Waals surface area contributed by atoms with Crippen molar-refractivity contribution in [1.82, 2.24) is 0 Å². The van der Waals surface area contributed by atoms with Crippen molar-refractivity contribution < 1.29 is 0 Å². The van der Waals surface area contributed by atoms with E-state index in [1.807, 2.05) is 0 Å². The van der Waals surface area contributed by atoms with Crippen molar-refractivity contribution in [3.8, 4) is 0 Å². The molecule has 0 nitrogen and oxygen atoms in total. The molecule has 1 rings (SSSR count). The predicted molar refractivity (Wildman–Crippen MR) is 114 cm³/mol. The van der Waals surface area contributed by atoms with Crippen LogP contribution < -0.4 is 0 Å². The first-order valence-electron chi connectivity index (χ1n) is 11.4. The molecule has 0 atom stereocenters. The number of aryl methyl sites for hydroxylation is 2. The van der Waals surface area contributed by atoms with Crippen LogP contribution in [0.25, 0.3) is 0 Å². The van der Waals surface area contributed by atoms with Crippen molar-refractivity contribution in [1.29, 1.82) is 0 Å². The Labute approximate surface area is 158 Å². The summed E-state index contributed by atoms with van der Waals surface area (Å²) in [4.78, 5) is 0. The van der Waals surface area contributed by atoms with Crippen molar-refractivity contribution >= 4 is 0 Å². The van der Waals surface area contributed by atoms with Gasteiger partial charge in [-0.1, -0.05) is 122 Å². The summed E-state index contributed by atoms with van der Waals surface area (Å²) in [6, 6.07) is 9.12. The average Bonchev–Trinajstić information content (AvgIpc) is 2.64. The molecule has 0 bridgehead atoms. The number of hydrogen-bond donors (Lipinski definition) is 0. The van der Waals surface area contributed by atoms with Crippen molar-refractivity contribution in [2.45, 2.75) is 123 Å². The molecule has 0 aliphatic heterocycles. The van der Waals surface area contributed by atoms with Gasteiger partial charge in [-0.05, 0) is 36.8 Å². The van der Waals surface area contributed by atoms with Crippen LogP contribution >= 0.6 is 0 Å². The molecule has 0 radical (unpaired) electrons. The second kappa shape index (κ2) is 16.7. The lowest BCUT2D eigenvalue weighted by molar-refractivity contribution is 0.539. The lowest BCUT2D eigenvalue weighted by Gasteiger charge is -2.09. The molecule has 0 fully saturated rings. The zero-order valence-electron chi connectivity index (χ0n) is 17.3. The van der Waals surface area contributed by atoms with Crippen LogP contribution in [0.3, 0.4) is 0 Å². The molecular formula is C25H44. The monoisotopic (exact) mass is 344 g/mol. The van der Waals surface area contributed by atoms with E-state index >= 15 is 0 Å². The van der Waals surface area contributed by atoms with Crippen LogP contribution in [0.5, 0.6) is 0 Å². The molecule has 0 amide bonds. The minimum atomic E-state index is 1.27. The van der Waals surface area contributed by atoms with Gasteiger partial charge in [0.2, 0.25) is 0 Å². The maximum Gasteiger partial charge on any atom is -0.0276 e. The summed E-state index contributed by atoms with van der Waals surface area (Å²) in [5.74, 6) is 0. The number of hydrogen-bond acceptors (Lipinski definition) is 0. The summed E-state index contributed by atoms with van der Waals surface area (Å²) in [6.45, 7) is 4.58. The fourth-order valence-corrected chi connectivity index (χ4v) is 3.75. The minimum absolute atomic E-state index is 1.27. The highest BCUT2D eigenvalue weighted by Crippen LogP contribution is 2.17. The molecule has 0 saturated carbocycles. The molecule has 0 aliphatic carbocycles. The van der Waals surface area contributed by atoms with Crippen molar-refractivity contribution in [2.75, 3.05) is 0 Å². The third-order valence-corrected chi connectivity index (χ3v) is 5.47. The van der Waals surface area contributed by atoms with Crippen molar-refractivity contribution in [3.05, 3.63) is 35.4 Å². The van der Waals surface area contributed by atoms with Gasteiger partial charge in [0.25, 0.3) is 0 Å². The molecule has 0 heterocycles. The fourth-order valence-electron chi connectivity index (χ4n) is 3.75. The first-order chi connectivity index (χ1) is 12.4. The third-order valence-electron chi connectivity index (χ3n) is 5.47. The second-order valence-corrected chi connectivity index (χ2v) is 7.86. The Hall–Kier alpha value is -0.780. The van der Waals surface area contributed by atoms with E-state index in [-0.39, 0.29) is 0 Å². The van der Waals surface area contributed by atoms with Gasteiger partial charge in [-0.3, -0.25) is 0 Å². The summed E-state index contributed by atoms with van der Waals surface area (Å²) in [7, 11) is 0.